The van der Waals surface area contributed by atoms with Crippen LogP contribution in [0.4, 0.5) is 0 Å². The Hall–Kier alpha value is -0.810. The second-order valence-electron chi connectivity index (χ2n) is 3.19. The molecule has 12 heavy (non-hydrogen) atoms. The van der Waals surface area contributed by atoms with E-state index in [4.69, 9.17) is 6.57 Å². The van der Waals surface area contributed by atoms with E-state index in [2.05, 4.69) is 10.2 Å². The van der Waals surface area contributed by atoms with Gasteiger partial charge in [0.2, 0.25) is 6.54 Å². The number of rotatable bonds is 1. The van der Waals surface area contributed by atoms with Crippen LogP contribution in [-0.2, 0) is 19.4 Å². The predicted molar refractivity (Wildman–Crippen MR) is 51.3 cm³/mol. The molecular weight excluding hydrogens is 166 g/mol. The fourth-order valence-corrected chi connectivity index (χ4v) is 2.92. The maximum atomic E-state index is 6.83. The number of nitrogens with zero attached hydrogens (tertiary/aromatic N) is 1. The summed E-state index contributed by atoms with van der Waals surface area (Å²) in [6.45, 7) is 7.41. The summed E-state index contributed by atoms with van der Waals surface area (Å²) >= 11 is 1.85. The molecule has 1 aromatic rings. The van der Waals surface area contributed by atoms with Crippen LogP contribution in [0.3, 0.4) is 0 Å². The molecule has 1 nitrogen and oxygen atoms in total. The van der Waals surface area contributed by atoms with Crippen molar-refractivity contribution < 1.29 is 0 Å². The van der Waals surface area contributed by atoms with Crippen molar-refractivity contribution in [1.82, 2.24) is 0 Å². The van der Waals surface area contributed by atoms with Crippen LogP contribution < -0.4 is 0 Å². The van der Waals surface area contributed by atoms with E-state index in [1.54, 1.807) is 4.88 Å². The third kappa shape index (κ3) is 1.25. The van der Waals surface area contributed by atoms with E-state index < -0.39 is 0 Å². The highest BCUT2D eigenvalue weighted by Gasteiger charge is 2.16. The number of hydrogen-bond donors (Lipinski definition) is 0. The third-order valence-corrected chi connectivity index (χ3v) is 3.54. The van der Waals surface area contributed by atoms with Crippen LogP contribution in [0.5, 0.6) is 0 Å². The van der Waals surface area contributed by atoms with Crippen molar-refractivity contribution in [3.8, 4) is 0 Å². The Balaban J connectivity index is 2.33. The fraction of sp³-hybridized carbons (Fsp3) is 0.500. The largest absolute Gasteiger partial charge is 0.312 e. The van der Waals surface area contributed by atoms with Gasteiger partial charge in [-0.1, -0.05) is 0 Å². The highest BCUT2D eigenvalue weighted by molar-refractivity contribution is 7.10. The van der Waals surface area contributed by atoms with Crippen LogP contribution in [0, 0.1) is 6.57 Å². The first-order chi connectivity index (χ1) is 5.92. The van der Waals surface area contributed by atoms with Gasteiger partial charge in [-0.2, -0.15) is 0 Å². The van der Waals surface area contributed by atoms with Gasteiger partial charge in [0.05, 0.1) is 0 Å². The second-order valence-corrected chi connectivity index (χ2v) is 4.15. The van der Waals surface area contributed by atoms with Crippen molar-refractivity contribution >= 4 is 11.3 Å². The zero-order valence-corrected chi connectivity index (χ0v) is 7.78. The maximum Gasteiger partial charge on any atom is 0.240 e. The Labute approximate surface area is 76.9 Å². The summed E-state index contributed by atoms with van der Waals surface area (Å²) in [6.07, 6.45) is 5.11. The van der Waals surface area contributed by atoms with Gasteiger partial charge in [-0.3, -0.25) is 0 Å². The molecule has 0 saturated heterocycles. The fourth-order valence-electron chi connectivity index (χ4n) is 1.78. The molecule has 1 heterocycles. The molecule has 0 fully saturated rings. The molecule has 0 bridgehead atoms. The molecule has 0 saturated carbocycles. The number of fused-ring (bicyclic) bond motifs is 1. The summed E-state index contributed by atoms with van der Waals surface area (Å²) in [5, 5.41) is 2.17. The maximum absolute atomic E-state index is 6.83. The van der Waals surface area contributed by atoms with Crippen LogP contribution in [-0.4, -0.2) is 0 Å². The zero-order chi connectivity index (χ0) is 8.39. The van der Waals surface area contributed by atoms with Crippen LogP contribution in [0.1, 0.15) is 28.8 Å². The molecule has 0 aliphatic heterocycles. The summed E-state index contributed by atoms with van der Waals surface area (Å²) in [6, 6.07) is 0. The van der Waals surface area contributed by atoms with E-state index in [0.717, 1.165) is 0 Å². The van der Waals surface area contributed by atoms with Gasteiger partial charge in [-0.15, -0.1) is 11.3 Å². The van der Waals surface area contributed by atoms with Crippen molar-refractivity contribution in [1.29, 1.82) is 0 Å². The first-order valence-electron chi connectivity index (χ1n) is 4.33. The van der Waals surface area contributed by atoms with Gasteiger partial charge in [0, 0.05) is 15.8 Å². The van der Waals surface area contributed by atoms with Gasteiger partial charge in [-0.05, 0) is 31.2 Å². The predicted octanol–water partition coefficient (Wildman–Crippen LogP) is 3.05. The van der Waals surface area contributed by atoms with Crippen molar-refractivity contribution in [2.24, 2.45) is 0 Å². The highest BCUT2D eigenvalue weighted by atomic mass is 32.1. The topological polar surface area (TPSA) is 4.36 Å². The average Bonchev–Trinajstić information content (AvgIpc) is 2.50. The first-order valence-corrected chi connectivity index (χ1v) is 5.21. The van der Waals surface area contributed by atoms with Gasteiger partial charge >= 0.3 is 0 Å². The van der Waals surface area contributed by atoms with Crippen molar-refractivity contribution in [2.75, 3.05) is 0 Å². The van der Waals surface area contributed by atoms with E-state index in [0.29, 0.717) is 6.54 Å². The number of aryl methyl sites for hydroxylation is 1. The van der Waals surface area contributed by atoms with Crippen LogP contribution in [0.2, 0.25) is 0 Å². The van der Waals surface area contributed by atoms with E-state index >= 15 is 0 Å². The zero-order valence-electron chi connectivity index (χ0n) is 6.97. The van der Waals surface area contributed by atoms with E-state index in [1.165, 1.54) is 36.8 Å². The van der Waals surface area contributed by atoms with E-state index in [9.17, 15) is 0 Å². The molecule has 0 unspecified atom stereocenters. The molecule has 0 amide bonds. The second kappa shape index (κ2) is 3.28. The average molecular weight is 177 g/mol. The molecule has 2 rings (SSSR count). The van der Waals surface area contributed by atoms with Gasteiger partial charge in [0.1, 0.15) is 0 Å². The molecule has 0 spiro atoms. The lowest BCUT2D eigenvalue weighted by molar-refractivity contribution is 0.692. The molecule has 0 atom stereocenters. The minimum absolute atomic E-state index is 0.589. The molecule has 62 valence electrons. The smallest absolute Gasteiger partial charge is 0.240 e. The number of hydrogen-bond acceptors (Lipinski definition) is 1. The quantitative estimate of drug-likeness (QED) is 0.581. The highest BCUT2D eigenvalue weighted by Crippen LogP contribution is 2.30. The minimum Gasteiger partial charge on any atom is -0.312 e. The van der Waals surface area contributed by atoms with Gasteiger partial charge in [0.25, 0.3) is 0 Å². The molecule has 0 radical (unpaired) electrons. The third-order valence-electron chi connectivity index (χ3n) is 2.40. The van der Waals surface area contributed by atoms with Crippen molar-refractivity contribution in [3.05, 3.63) is 32.8 Å². The molecule has 1 aliphatic carbocycles. The SMILES string of the molecule is [C-]#[N+]Cc1csc2c1CCCC2. The molecule has 2 heteroatoms. The summed E-state index contributed by atoms with van der Waals surface area (Å²) < 4.78 is 0. The normalized spacial score (nSPS) is 15.2. The summed E-state index contributed by atoms with van der Waals surface area (Å²) in [4.78, 5) is 4.98. The summed E-state index contributed by atoms with van der Waals surface area (Å²) in [7, 11) is 0. The van der Waals surface area contributed by atoms with Crippen molar-refractivity contribution in [3.63, 3.8) is 0 Å². The monoisotopic (exact) mass is 177 g/mol. The Morgan fingerprint density at radius 1 is 1.42 bits per heavy atom. The van der Waals surface area contributed by atoms with E-state index in [-0.39, 0.29) is 0 Å². The van der Waals surface area contributed by atoms with Gasteiger partial charge in [0.15, 0.2) is 0 Å². The Morgan fingerprint density at radius 3 is 3.08 bits per heavy atom. The van der Waals surface area contributed by atoms with E-state index in [1.807, 2.05) is 11.3 Å². The Kier molecular flexibility index (Phi) is 2.14. The van der Waals surface area contributed by atoms with Crippen LogP contribution >= 0.6 is 11.3 Å². The molecule has 1 aromatic heterocycles. The lowest BCUT2D eigenvalue weighted by Crippen LogP contribution is -2.00. The minimum atomic E-state index is 0.589. The number of thiophene rings is 1. The summed E-state index contributed by atoms with van der Waals surface area (Å²) in [5.41, 5.74) is 2.80. The van der Waals surface area contributed by atoms with Crippen LogP contribution in [0.15, 0.2) is 5.38 Å². The lowest BCUT2D eigenvalue weighted by Gasteiger charge is -2.10. The molecular formula is C10H11NS. The molecule has 0 N–H and O–H groups in total. The standard InChI is InChI=1S/C10H11NS/c1-11-6-8-7-12-10-5-3-2-4-9(8)10/h7H,2-6H2. The van der Waals surface area contributed by atoms with Crippen molar-refractivity contribution in [2.45, 2.75) is 32.2 Å². The lowest BCUT2D eigenvalue weighted by atomic mass is 9.96. The van der Waals surface area contributed by atoms with Gasteiger partial charge in [-0.25, -0.2) is 6.57 Å². The van der Waals surface area contributed by atoms with Gasteiger partial charge < -0.3 is 4.85 Å². The molecule has 0 aromatic carbocycles. The van der Waals surface area contributed by atoms with Crippen LogP contribution in [0.25, 0.3) is 4.85 Å². The Morgan fingerprint density at radius 2 is 2.25 bits per heavy atom. The Bertz CT molecular complexity index is 319. The summed E-state index contributed by atoms with van der Waals surface area (Å²) in [5.74, 6) is 0. The first kappa shape index (κ1) is 7.82. The molecule has 1 aliphatic rings.